The van der Waals surface area contributed by atoms with Crippen molar-refractivity contribution in [3.63, 3.8) is 0 Å². The minimum Gasteiger partial charge on any atom is -0.353 e. The molecule has 1 saturated carbocycles. The van der Waals surface area contributed by atoms with Crippen LogP contribution in [0.2, 0.25) is 0 Å². The number of hydrogen-bond donors (Lipinski definition) is 1. The Kier molecular flexibility index (Phi) is 3.98. The van der Waals surface area contributed by atoms with Crippen molar-refractivity contribution in [3.05, 3.63) is 11.9 Å². The molecule has 0 bridgehead atoms. The van der Waals surface area contributed by atoms with E-state index in [4.69, 9.17) is 0 Å². The van der Waals surface area contributed by atoms with Crippen LogP contribution in [0, 0.1) is 12.3 Å². The van der Waals surface area contributed by atoms with Crippen LogP contribution in [-0.2, 0) is 6.54 Å². The summed E-state index contributed by atoms with van der Waals surface area (Å²) in [7, 11) is 0. The van der Waals surface area contributed by atoms with Gasteiger partial charge in [-0.3, -0.25) is 0 Å². The van der Waals surface area contributed by atoms with Crippen molar-refractivity contribution in [1.29, 1.82) is 0 Å². The lowest BCUT2D eigenvalue weighted by atomic mass is 9.95. The summed E-state index contributed by atoms with van der Waals surface area (Å²) in [5.41, 5.74) is 1.40. The first-order valence-corrected chi connectivity index (χ1v) is 7.24. The fourth-order valence-corrected chi connectivity index (χ4v) is 2.72. The van der Waals surface area contributed by atoms with Gasteiger partial charge in [0, 0.05) is 18.8 Å². The molecule has 3 heteroatoms. The van der Waals surface area contributed by atoms with E-state index >= 15 is 0 Å². The molecule has 1 aromatic rings. The van der Waals surface area contributed by atoms with E-state index < -0.39 is 0 Å². The average Bonchev–Trinajstić information content (AvgIpc) is 2.57. The van der Waals surface area contributed by atoms with Crippen molar-refractivity contribution in [2.24, 2.45) is 5.41 Å². The number of imidazole rings is 1. The fraction of sp³-hybridized carbons (Fsp3) is 0.800. The lowest BCUT2D eigenvalue weighted by Crippen LogP contribution is -2.25. The summed E-state index contributed by atoms with van der Waals surface area (Å²) in [5.74, 6) is 1.06. The predicted molar refractivity (Wildman–Crippen MR) is 76.9 cm³/mol. The van der Waals surface area contributed by atoms with Crippen LogP contribution in [0.4, 0.5) is 5.95 Å². The van der Waals surface area contributed by atoms with Gasteiger partial charge < -0.3 is 9.88 Å². The van der Waals surface area contributed by atoms with E-state index in [1.807, 2.05) is 0 Å². The Bertz CT molecular complexity index is 381. The average molecular weight is 249 g/mol. The summed E-state index contributed by atoms with van der Waals surface area (Å²) in [6.45, 7) is 9.90. The third-order valence-electron chi connectivity index (χ3n) is 3.48. The van der Waals surface area contributed by atoms with Crippen molar-refractivity contribution in [3.8, 4) is 0 Å². The van der Waals surface area contributed by atoms with Crippen molar-refractivity contribution >= 4 is 5.95 Å². The largest absolute Gasteiger partial charge is 0.353 e. The van der Waals surface area contributed by atoms with Crippen molar-refractivity contribution < 1.29 is 0 Å². The Morgan fingerprint density at radius 3 is 2.56 bits per heavy atom. The van der Waals surface area contributed by atoms with Crippen molar-refractivity contribution in [2.45, 2.75) is 72.4 Å². The quantitative estimate of drug-likeness (QED) is 0.878. The van der Waals surface area contributed by atoms with Gasteiger partial charge in [0.15, 0.2) is 0 Å². The maximum absolute atomic E-state index is 4.64. The Morgan fingerprint density at radius 2 is 1.94 bits per heavy atom. The van der Waals surface area contributed by atoms with Crippen LogP contribution >= 0.6 is 0 Å². The number of hydrogen-bond acceptors (Lipinski definition) is 2. The SMILES string of the molecule is Cc1cn(CC(C)(C)C)c(NC2CCCCC2)n1. The smallest absolute Gasteiger partial charge is 0.203 e. The molecule has 0 spiro atoms. The van der Waals surface area contributed by atoms with Gasteiger partial charge in [0.2, 0.25) is 5.95 Å². The van der Waals surface area contributed by atoms with E-state index in [0.29, 0.717) is 6.04 Å². The molecule has 1 aromatic heterocycles. The summed E-state index contributed by atoms with van der Waals surface area (Å²) in [5, 5.41) is 3.64. The number of nitrogens with one attached hydrogen (secondary N) is 1. The zero-order valence-electron chi connectivity index (χ0n) is 12.3. The van der Waals surface area contributed by atoms with Crippen LogP contribution in [-0.4, -0.2) is 15.6 Å². The standard InChI is InChI=1S/C15H27N3/c1-12-10-18(11-15(2,3)4)14(16-12)17-13-8-6-5-7-9-13/h10,13H,5-9,11H2,1-4H3,(H,16,17). The molecule has 0 amide bonds. The predicted octanol–water partition coefficient (Wildman–Crippen LogP) is 3.98. The van der Waals surface area contributed by atoms with Crippen LogP contribution < -0.4 is 5.32 Å². The number of rotatable bonds is 3. The Balaban J connectivity index is 2.06. The van der Waals surface area contributed by atoms with E-state index in [-0.39, 0.29) is 5.41 Å². The molecular formula is C15H27N3. The zero-order chi connectivity index (χ0) is 13.2. The molecule has 0 unspecified atom stereocenters. The van der Waals surface area contributed by atoms with Gasteiger partial charge in [-0.2, -0.15) is 0 Å². The van der Waals surface area contributed by atoms with Gasteiger partial charge in [0.05, 0.1) is 5.69 Å². The molecular weight excluding hydrogens is 222 g/mol. The molecule has 1 aliphatic rings. The normalized spacial score (nSPS) is 18.0. The van der Waals surface area contributed by atoms with Gasteiger partial charge in [-0.25, -0.2) is 4.98 Å². The third-order valence-corrected chi connectivity index (χ3v) is 3.48. The molecule has 1 fully saturated rings. The van der Waals surface area contributed by atoms with E-state index in [1.165, 1.54) is 32.1 Å². The minimum atomic E-state index is 0.288. The monoisotopic (exact) mass is 249 g/mol. The highest BCUT2D eigenvalue weighted by Crippen LogP contribution is 2.24. The highest BCUT2D eigenvalue weighted by atomic mass is 15.2. The first-order valence-electron chi connectivity index (χ1n) is 7.24. The van der Waals surface area contributed by atoms with Gasteiger partial charge in [-0.05, 0) is 25.2 Å². The number of aryl methyl sites for hydroxylation is 1. The maximum atomic E-state index is 4.64. The molecule has 3 nitrogen and oxygen atoms in total. The molecule has 1 N–H and O–H groups in total. The highest BCUT2D eigenvalue weighted by Gasteiger charge is 2.18. The van der Waals surface area contributed by atoms with Crippen LogP contribution in [0.5, 0.6) is 0 Å². The lowest BCUT2D eigenvalue weighted by molar-refractivity contribution is 0.344. The molecule has 1 aliphatic carbocycles. The number of anilines is 1. The summed E-state index contributed by atoms with van der Waals surface area (Å²) >= 11 is 0. The van der Waals surface area contributed by atoms with Gasteiger partial charge in [-0.15, -0.1) is 0 Å². The maximum Gasteiger partial charge on any atom is 0.203 e. The molecule has 1 heterocycles. The summed E-state index contributed by atoms with van der Waals surface area (Å²) in [6.07, 6.45) is 8.86. The van der Waals surface area contributed by atoms with E-state index in [9.17, 15) is 0 Å². The molecule has 2 rings (SSSR count). The fourth-order valence-electron chi connectivity index (χ4n) is 2.72. The molecule has 0 radical (unpaired) electrons. The topological polar surface area (TPSA) is 29.9 Å². The molecule has 0 saturated heterocycles. The Labute approximate surface area is 111 Å². The number of nitrogens with zero attached hydrogens (tertiary/aromatic N) is 2. The third kappa shape index (κ3) is 3.76. The van der Waals surface area contributed by atoms with Gasteiger partial charge in [0.25, 0.3) is 0 Å². The van der Waals surface area contributed by atoms with Gasteiger partial charge >= 0.3 is 0 Å². The molecule has 18 heavy (non-hydrogen) atoms. The second-order valence-corrected chi connectivity index (χ2v) is 6.87. The molecule has 0 aliphatic heterocycles. The van der Waals surface area contributed by atoms with Crippen LogP contribution in [0.25, 0.3) is 0 Å². The van der Waals surface area contributed by atoms with Crippen molar-refractivity contribution in [1.82, 2.24) is 9.55 Å². The van der Waals surface area contributed by atoms with Crippen LogP contribution in [0.1, 0.15) is 58.6 Å². The first kappa shape index (κ1) is 13.4. The van der Waals surface area contributed by atoms with Gasteiger partial charge in [0.1, 0.15) is 0 Å². The lowest BCUT2D eigenvalue weighted by Gasteiger charge is -2.25. The minimum absolute atomic E-state index is 0.288. The van der Waals surface area contributed by atoms with Gasteiger partial charge in [-0.1, -0.05) is 40.0 Å². The summed E-state index contributed by atoms with van der Waals surface area (Å²) < 4.78 is 2.28. The molecule has 102 valence electrons. The zero-order valence-corrected chi connectivity index (χ0v) is 12.3. The summed E-state index contributed by atoms with van der Waals surface area (Å²) in [6, 6.07) is 0.624. The summed E-state index contributed by atoms with van der Waals surface area (Å²) in [4.78, 5) is 4.64. The van der Waals surface area contributed by atoms with E-state index in [0.717, 1.165) is 18.2 Å². The first-order chi connectivity index (χ1) is 8.44. The number of aromatic nitrogens is 2. The van der Waals surface area contributed by atoms with E-state index in [1.54, 1.807) is 0 Å². The van der Waals surface area contributed by atoms with Crippen LogP contribution in [0.3, 0.4) is 0 Å². The second-order valence-electron chi connectivity index (χ2n) is 6.87. The Hall–Kier alpha value is -0.990. The molecule has 0 aromatic carbocycles. The molecule has 0 atom stereocenters. The highest BCUT2D eigenvalue weighted by molar-refractivity contribution is 5.30. The van der Waals surface area contributed by atoms with Crippen molar-refractivity contribution in [2.75, 3.05) is 5.32 Å². The Morgan fingerprint density at radius 1 is 1.28 bits per heavy atom. The van der Waals surface area contributed by atoms with E-state index in [2.05, 4.69) is 48.8 Å². The van der Waals surface area contributed by atoms with Crippen LogP contribution in [0.15, 0.2) is 6.20 Å². The second kappa shape index (κ2) is 5.33.